The molecule has 2 heterocycles. The van der Waals surface area contributed by atoms with Crippen LogP contribution in [0.2, 0.25) is 0 Å². The first-order valence-corrected chi connectivity index (χ1v) is 13.2. The number of carboxylic acids is 1. The largest absolute Gasteiger partial charge is 0.497 e. The molecule has 0 unspecified atom stereocenters. The van der Waals surface area contributed by atoms with Gasteiger partial charge in [0.1, 0.15) is 5.75 Å². The van der Waals surface area contributed by atoms with Crippen LogP contribution in [-0.4, -0.2) is 52.8 Å². The lowest BCUT2D eigenvalue weighted by atomic mass is 9.71. The number of carbonyl (C=O) groups is 1. The number of hydrogen-bond acceptors (Lipinski definition) is 6. The van der Waals surface area contributed by atoms with Crippen LogP contribution in [0.3, 0.4) is 0 Å². The third kappa shape index (κ3) is 6.86. The molecule has 0 radical (unpaired) electrons. The van der Waals surface area contributed by atoms with Gasteiger partial charge in [-0.05, 0) is 98.5 Å². The summed E-state index contributed by atoms with van der Waals surface area (Å²) < 4.78 is 5.40. The molecule has 198 valence electrons. The van der Waals surface area contributed by atoms with Crippen LogP contribution in [-0.2, 0) is 17.8 Å². The van der Waals surface area contributed by atoms with Gasteiger partial charge in [-0.25, -0.2) is 0 Å². The van der Waals surface area contributed by atoms with E-state index in [1.54, 1.807) is 13.3 Å². The predicted molar refractivity (Wildman–Crippen MR) is 146 cm³/mol. The van der Waals surface area contributed by atoms with Gasteiger partial charge >= 0.3 is 5.97 Å². The first-order chi connectivity index (χ1) is 17.9. The molecule has 1 atom stereocenters. The van der Waals surface area contributed by atoms with E-state index in [9.17, 15) is 15.0 Å². The fraction of sp³-hybridized carbons (Fsp3) is 0.467. The monoisotopic (exact) mass is 505 g/mol. The maximum Gasteiger partial charge on any atom is 0.303 e. The highest BCUT2D eigenvalue weighted by Gasteiger charge is 2.37. The molecule has 0 bridgehead atoms. The van der Waals surface area contributed by atoms with Gasteiger partial charge in [-0.1, -0.05) is 30.3 Å². The molecule has 2 aromatic carbocycles. The predicted octanol–water partition coefficient (Wildman–Crippen LogP) is 4.71. The van der Waals surface area contributed by atoms with E-state index in [0.717, 1.165) is 67.3 Å². The number of aliphatic hydroxyl groups is 1. The molecule has 1 aromatic heterocycles. The molecule has 0 aliphatic carbocycles. The number of aliphatic carboxylic acids is 1. The molecule has 7 heteroatoms. The Labute approximate surface area is 219 Å². The molecule has 1 aliphatic heterocycles. The Bertz CT molecular complexity index is 1170. The number of fused-ring (bicyclic) bond motifs is 1. The van der Waals surface area contributed by atoms with E-state index in [1.807, 2.05) is 24.3 Å². The summed E-state index contributed by atoms with van der Waals surface area (Å²) in [5, 5.41) is 21.9. The van der Waals surface area contributed by atoms with Crippen LogP contribution in [0.4, 0.5) is 0 Å². The maximum atomic E-state index is 11.8. The molecule has 1 fully saturated rings. The molecule has 0 amide bonds. The molecule has 4 rings (SSSR count). The Balaban J connectivity index is 1.42. The number of piperidine rings is 1. The summed E-state index contributed by atoms with van der Waals surface area (Å²) in [5.74, 6) is -0.0762. The number of aliphatic hydroxyl groups excluding tert-OH is 1. The van der Waals surface area contributed by atoms with E-state index in [2.05, 4.69) is 34.1 Å². The molecular weight excluding hydrogens is 466 g/mol. The Morgan fingerprint density at radius 2 is 1.95 bits per heavy atom. The van der Waals surface area contributed by atoms with Gasteiger partial charge in [-0.2, -0.15) is 0 Å². The van der Waals surface area contributed by atoms with E-state index in [-0.39, 0.29) is 18.4 Å². The minimum Gasteiger partial charge on any atom is -0.497 e. The van der Waals surface area contributed by atoms with Crippen molar-refractivity contribution >= 4 is 16.9 Å². The van der Waals surface area contributed by atoms with E-state index >= 15 is 0 Å². The van der Waals surface area contributed by atoms with Crippen molar-refractivity contribution in [2.75, 3.05) is 26.7 Å². The molecule has 7 nitrogen and oxygen atoms in total. The molecule has 0 spiro atoms. The van der Waals surface area contributed by atoms with Crippen molar-refractivity contribution < 1.29 is 19.7 Å². The van der Waals surface area contributed by atoms with Crippen LogP contribution >= 0.6 is 0 Å². The van der Waals surface area contributed by atoms with Crippen LogP contribution in [0.15, 0.2) is 54.7 Å². The first-order valence-electron chi connectivity index (χ1n) is 13.2. The summed E-state index contributed by atoms with van der Waals surface area (Å²) in [6.07, 6.45) is 6.03. The normalized spacial score (nSPS) is 16.5. The molecule has 3 aromatic rings. The lowest BCUT2D eigenvalue weighted by molar-refractivity contribution is -0.141. The SMILES string of the molecule is COc1ccc2ncc(CN)c([C@@H](O)CCC3(CC(=O)O)CCN(CCCc4ccccc4)CC3)c2c1. The smallest absolute Gasteiger partial charge is 0.303 e. The zero-order valence-corrected chi connectivity index (χ0v) is 21.7. The van der Waals surface area contributed by atoms with Gasteiger partial charge in [-0.15, -0.1) is 0 Å². The van der Waals surface area contributed by atoms with Gasteiger partial charge in [0, 0.05) is 18.1 Å². The van der Waals surface area contributed by atoms with E-state index < -0.39 is 12.1 Å². The molecular formula is C30H39N3O4. The number of nitrogens with zero attached hydrogens (tertiary/aromatic N) is 2. The lowest BCUT2D eigenvalue weighted by Crippen LogP contribution is -2.41. The van der Waals surface area contributed by atoms with Crippen molar-refractivity contribution in [1.29, 1.82) is 0 Å². The van der Waals surface area contributed by atoms with Crippen LogP contribution in [0.5, 0.6) is 5.75 Å². The number of carboxylic acid groups (broad SMARTS) is 1. The summed E-state index contributed by atoms with van der Waals surface area (Å²) in [4.78, 5) is 18.8. The first kappa shape index (κ1) is 27.0. The van der Waals surface area contributed by atoms with Crippen molar-refractivity contribution in [2.24, 2.45) is 11.1 Å². The number of aryl methyl sites for hydroxylation is 1. The number of likely N-dealkylation sites (tertiary alicyclic amines) is 1. The van der Waals surface area contributed by atoms with Gasteiger partial charge < -0.3 is 25.6 Å². The number of ether oxygens (including phenoxy) is 1. The van der Waals surface area contributed by atoms with Crippen molar-refractivity contribution in [1.82, 2.24) is 9.88 Å². The van der Waals surface area contributed by atoms with Gasteiger partial charge in [-0.3, -0.25) is 9.78 Å². The third-order valence-electron chi connectivity index (χ3n) is 7.93. The Morgan fingerprint density at radius 3 is 2.62 bits per heavy atom. The summed E-state index contributed by atoms with van der Waals surface area (Å²) in [7, 11) is 1.61. The van der Waals surface area contributed by atoms with Crippen molar-refractivity contribution in [3.8, 4) is 5.75 Å². The molecule has 0 saturated carbocycles. The Morgan fingerprint density at radius 1 is 1.19 bits per heavy atom. The number of hydrogen-bond donors (Lipinski definition) is 3. The molecule has 1 aliphatic rings. The fourth-order valence-corrected chi connectivity index (χ4v) is 5.74. The summed E-state index contributed by atoms with van der Waals surface area (Å²) in [5.41, 5.74) is 9.40. The zero-order valence-electron chi connectivity index (χ0n) is 21.7. The summed E-state index contributed by atoms with van der Waals surface area (Å²) in [6, 6.07) is 16.1. The zero-order chi connectivity index (χ0) is 26.3. The van der Waals surface area contributed by atoms with E-state index in [0.29, 0.717) is 18.6 Å². The van der Waals surface area contributed by atoms with Gasteiger partial charge in [0.2, 0.25) is 0 Å². The van der Waals surface area contributed by atoms with Gasteiger partial charge in [0.25, 0.3) is 0 Å². The highest BCUT2D eigenvalue weighted by atomic mass is 16.5. The molecule has 37 heavy (non-hydrogen) atoms. The minimum absolute atomic E-state index is 0.131. The van der Waals surface area contributed by atoms with Gasteiger partial charge in [0.15, 0.2) is 0 Å². The second-order valence-corrected chi connectivity index (χ2v) is 10.3. The topological polar surface area (TPSA) is 109 Å². The Kier molecular flexibility index (Phi) is 9.14. The van der Waals surface area contributed by atoms with Crippen LogP contribution in [0.1, 0.15) is 61.3 Å². The van der Waals surface area contributed by atoms with Crippen molar-refractivity contribution in [3.05, 3.63) is 71.4 Å². The molecule has 1 saturated heterocycles. The highest BCUT2D eigenvalue weighted by molar-refractivity contribution is 5.85. The van der Waals surface area contributed by atoms with Crippen LogP contribution in [0.25, 0.3) is 10.9 Å². The number of aromatic nitrogens is 1. The number of rotatable bonds is 12. The second kappa shape index (κ2) is 12.5. The number of benzene rings is 2. The quantitative estimate of drug-likeness (QED) is 0.327. The van der Waals surface area contributed by atoms with E-state index in [1.165, 1.54) is 5.56 Å². The van der Waals surface area contributed by atoms with Crippen molar-refractivity contribution in [2.45, 2.75) is 57.6 Å². The second-order valence-electron chi connectivity index (χ2n) is 10.3. The summed E-state index contributed by atoms with van der Waals surface area (Å²) in [6.45, 7) is 3.07. The average molecular weight is 506 g/mol. The molecule has 4 N–H and O–H groups in total. The Hall–Kier alpha value is -3.00. The number of pyridine rings is 1. The van der Waals surface area contributed by atoms with Gasteiger partial charge in [0.05, 0.1) is 25.2 Å². The van der Waals surface area contributed by atoms with Crippen molar-refractivity contribution in [3.63, 3.8) is 0 Å². The maximum absolute atomic E-state index is 11.8. The van der Waals surface area contributed by atoms with Crippen LogP contribution in [0, 0.1) is 5.41 Å². The lowest BCUT2D eigenvalue weighted by Gasteiger charge is -2.41. The van der Waals surface area contributed by atoms with E-state index in [4.69, 9.17) is 10.5 Å². The standard InChI is InChI=1S/C30H39N3O4/c1-37-24-9-10-26-25(18-24)29(23(20-31)21-32-26)27(34)11-12-30(19-28(35)36)13-16-33(17-14-30)15-5-8-22-6-3-2-4-7-22/h2-4,6-7,9-10,18,21,27,34H,5,8,11-17,19-20,31H2,1H3,(H,35,36)/t27-/m0/s1. The number of nitrogens with two attached hydrogens (primary N) is 1. The minimum atomic E-state index is -0.770. The fourth-order valence-electron chi connectivity index (χ4n) is 5.74. The third-order valence-corrected chi connectivity index (χ3v) is 7.93. The number of methoxy groups -OCH3 is 1. The highest BCUT2D eigenvalue weighted by Crippen LogP contribution is 2.42. The van der Waals surface area contributed by atoms with Crippen LogP contribution < -0.4 is 10.5 Å². The average Bonchev–Trinajstić information content (AvgIpc) is 2.92. The summed E-state index contributed by atoms with van der Waals surface area (Å²) >= 11 is 0.